The fourth-order valence-corrected chi connectivity index (χ4v) is 4.50. The summed E-state index contributed by atoms with van der Waals surface area (Å²) in [5, 5.41) is 0.258. The van der Waals surface area contributed by atoms with E-state index in [1.807, 2.05) is 7.05 Å². The number of nitrogens with zero attached hydrogens (tertiary/aromatic N) is 2. The molecular formula is C15H22ClFN2O2S. The molecule has 0 saturated carbocycles. The van der Waals surface area contributed by atoms with Crippen molar-refractivity contribution in [2.45, 2.75) is 19.1 Å². The number of benzene rings is 1. The lowest BCUT2D eigenvalue weighted by atomic mass is 9.90. The van der Waals surface area contributed by atoms with E-state index >= 15 is 0 Å². The molecule has 1 aromatic carbocycles. The Hall–Kier alpha value is -0.690. The van der Waals surface area contributed by atoms with Gasteiger partial charge in [-0.25, -0.2) is 17.1 Å². The molecule has 1 aromatic rings. The zero-order valence-corrected chi connectivity index (χ0v) is 14.7. The van der Waals surface area contributed by atoms with Crippen molar-refractivity contribution < 1.29 is 12.8 Å². The molecule has 1 heterocycles. The molecule has 0 aromatic heterocycles. The number of rotatable bonds is 5. The molecule has 4 nitrogen and oxygen atoms in total. The second-order valence-corrected chi connectivity index (χ2v) is 9.06. The van der Waals surface area contributed by atoms with Crippen molar-refractivity contribution in [2.24, 2.45) is 5.41 Å². The molecule has 1 saturated heterocycles. The molecule has 7 heteroatoms. The monoisotopic (exact) mass is 348 g/mol. The van der Waals surface area contributed by atoms with Gasteiger partial charge in [0.25, 0.3) is 0 Å². The van der Waals surface area contributed by atoms with Gasteiger partial charge in [-0.05, 0) is 37.6 Å². The van der Waals surface area contributed by atoms with Crippen molar-refractivity contribution in [2.75, 3.05) is 33.7 Å². The highest BCUT2D eigenvalue weighted by Crippen LogP contribution is 2.30. The molecule has 0 N–H and O–H groups in total. The SMILES string of the molecule is CN1CCC(C)(CN(C)S(=O)(=O)Cc2ccc(Cl)cc2F)C1. The van der Waals surface area contributed by atoms with Gasteiger partial charge in [0.1, 0.15) is 5.82 Å². The van der Waals surface area contributed by atoms with Gasteiger partial charge in [-0.2, -0.15) is 0 Å². The van der Waals surface area contributed by atoms with Gasteiger partial charge in [-0.3, -0.25) is 0 Å². The first-order chi connectivity index (χ1) is 10.1. The Bertz CT molecular complexity index is 653. The maximum absolute atomic E-state index is 13.8. The molecule has 1 aliphatic rings. The third kappa shape index (κ3) is 4.19. The van der Waals surface area contributed by atoms with Crippen molar-refractivity contribution >= 4 is 21.6 Å². The first-order valence-electron chi connectivity index (χ1n) is 7.18. The van der Waals surface area contributed by atoms with E-state index in [9.17, 15) is 12.8 Å². The van der Waals surface area contributed by atoms with Crippen molar-refractivity contribution in [1.29, 1.82) is 0 Å². The van der Waals surface area contributed by atoms with E-state index in [1.165, 1.54) is 16.4 Å². The van der Waals surface area contributed by atoms with Crippen molar-refractivity contribution in [3.8, 4) is 0 Å². The molecule has 0 bridgehead atoms. The van der Waals surface area contributed by atoms with Gasteiger partial charge >= 0.3 is 0 Å². The zero-order valence-electron chi connectivity index (χ0n) is 13.1. The summed E-state index contributed by atoms with van der Waals surface area (Å²) < 4.78 is 40.1. The Labute approximate surface area is 136 Å². The van der Waals surface area contributed by atoms with E-state index in [2.05, 4.69) is 11.8 Å². The molecule has 0 radical (unpaired) electrons. The summed E-state index contributed by atoms with van der Waals surface area (Å²) in [5.74, 6) is -0.936. The van der Waals surface area contributed by atoms with Crippen LogP contribution < -0.4 is 0 Å². The topological polar surface area (TPSA) is 40.6 Å². The van der Waals surface area contributed by atoms with Gasteiger partial charge < -0.3 is 4.90 Å². The Morgan fingerprint density at radius 1 is 1.45 bits per heavy atom. The second kappa shape index (κ2) is 6.43. The fraction of sp³-hybridized carbons (Fsp3) is 0.600. The van der Waals surface area contributed by atoms with E-state index in [-0.39, 0.29) is 21.8 Å². The summed E-state index contributed by atoms with van der Waals surface area (Å²) in [6, 6.07) is 4.07. The lowest BCUT2D eigenvalue weighted by Gasteiger charge is -2.29. The van der Waals surface area contributed by atoms with Crippen LogP contribution in [0.4, 0.5) is 4.39 Å². The highest BCUT2D eigenvalue weighted by molar-refractivity contribution is 7.88. The molecule has 0 spiro atoms. The van der Waals surface area contributed by atoms with Crippen LogP contribution in [-0.2, 0) is 15.8 Å². The Kier molecular flexibility index (Phi) is 5.16. The molecular weight excluding hydrogens is 327 g/mol. The Morgan fingerprint density at radius 3 is 2.68 bits per heavy atom. The van der Waals surface area contributed by atoms with Gasteiger partial charge in [0.15, 0.2) is 0 Å². The van der Waals surface area contributed by atoms with Gasteiger partial charge in [-0.15, -0.1) is 0 Å². The summed E-state index contributed by atoms with van der Waals surface area (Å²) >= 11 is 5.69. The molecule has 1 unspecified atom stereocenters. The smallest absolute Gasteiger partial charge is 0.218 e. The summed E-state index contributed by atoms with van der Waals surface area (Å²) in [6.07, 6.45) is 0.957. The number of hydrogen-bond acceptors (Lipinski definition) is 3. The van der Waals surface area contributed by atoms with Gasteiger partial charge in [0.05, 0.1) is 5.75 Å². The average molecular weight is 349 g/mol. The van der Waals surface area contributed by atoms with Crippen LogP contribution in [0.25, 0.3) is 0 Å². The Morgan fingerprint density at radius 2 is 2.14 bits per heavy atom. The maximum Gasteiger partial charge on any atom is 0.218 e. The highest BCUT2D eigenvalue weighted by atomic mass is 35.5. The minimum absolute atomic E-state index is 0.0604. The lowest BCUT2D eigenvalue weighted by molar-refractivity contribution is 0.255. The molecule has 1 fully saturated rings. The van der Waals surface area contributed by atoms with E-state index < -0.39 is 15.8 Å². The normalized spacial score (nSPS) is 23.4. The summed E-state index contributed by atoms with van der Waals surface area (Å²) in [4.78, 5) is 2.19. The first kappa shape index (κ1) is 17.7. The average Bonchev–Trinajstić information content (AvgIpc) is 2.72. The quantitative estimate of drug-likeness (QED) is 0.821. The van der Waals surface area contributed by atoms with Crippen LogP contribution in [0.1, 0.15) is 18.9 Å². The summed E-state index contributed by atoms with van der Waals surface area (Å²) in [5.41, 5.74) is 0.0831. The predicted octanol–water partition coefficient (Wildman–Crippen LogP) is 2.58. The molecule has 1 aliphatic heterocycles. The van der Waals surface area contributed by atoms with E-state index in [1.54, 1.807) is 7.05 Å². The van der Waals surface area contributed by atoms with Crippen LogP contribution in [0.5, 0.6) is 0 Å². The van der Waals surface area contributed by atoms with E-state index in [0.29, 0.717) is 6.54 Å². The number of hydrogen-bond donors (Lipinski definition) is 0. The van der Waals surface area contributed by atoms with Crippen molar-refractivity contribution in [1.82, 2.24) is 9.21 Å². The molecule has 1 atom stereocenters. The largest absolute Gasteiger partial charge is 0.306 e. The van der Waals surface area contributed by atoms with Crippen LogP contribution in [0.15, 0.2) is 18.2 Å². The minimum Gasteiger partial charge on any atom is -0.306 e. The summed E-state index contributed by atoms with van der Waals surface area (Å²) in [7, 11) is 0.0328. The van der Waals surface area contributed by atoms with Gasteiger partial charge in [0.2, 0.25) is 10.0 Å². The molecule has 124 valence electrons. The number of halogens is 2. The summed E-state index contributed by atoms with van der Waals surface area (Å²) in [6.45, 7) is 4.36. The van der Waals surface area contributed by atoms with Gasteiger partial charge in [0, 0.05) is 30.7 Å². The maximum atomic E-state index is 13.8. The van der Waals surface area contributed by atoms with E-state index in [4.69, 9.17) is 11.6 Å². The molecule has 0 amide bonds. The Balaban J connectivity index is 2.09. The van der Waals surface area contributed by atoms with Crippen molar-refractivity contribution in [3.05, 3.63) is 34.6 Å². The van der Waals surface area contributed by atoms with Crippen LogP contribution >= 0.6 is 11.6 Å². The molecule has 2 rings (SSSR count). The van der Waals surface area contributed by atoms with Gasteiger partial charge in [-0.1, -0.05) is 24.6 Å². The third-order valence-electron chi connectivity index (χ3n) is 4.18. The predicted molar refractivity (Wildman–Crippen MR) is 86.9 cm³/mol. The molecule has 0 aliphatic carbocycles. The zero-order chi connectivity index (χ0) is 16.5. The lowest BCUT2D eigenvalue weighted by Crippen LogP contribution is -2.39. The van der Waals surface area contributed by atoms with Crippen LogP contribution in [-0.4, -0.2) is 51.4 Å². The number of likely N-dealkylation sites (tertiary alicyclic amines) is 1. The van der Waals surface area contributed by atoms with Crippen LogP contribution in [0, 0.1) is 11.2 Å². The number of sulfonamides is 1. The third-order valence-corrected chi connectivity index (χ3v) is 6.17. The second-order valence-electron chi connectivity index (χ2n) is 6.55. The first-order valence-corrected chi connectivity index (χ1v) is 9.17. The van der Waals surface area contributed by atoms with Crippen LogP contribution in [0.3, 0.4) is 0 Å². The minimum atomic E-state index is -3.56. The highest BCUT2D eigenvalue weighted by Gasteiger charge is 2.35. The standard InChI is InChI=1S/C15H22ClFN2O2S/c1-15(6-7-18(2)10-15)11-19(3)22(20,21)9-12-4-5-13(16)8-14(12)17/h4-5,8H,6-7,9-11H2,1-3H3. The van der Waals surface area contributed by atoms with Crippen molar-refractivity contribution in [3.63, 3.8) is 0 Å². The molecule has 22 heavy (non-hydrogen) atoms. The van der Waals surface area contributed by atoms with E-state index in [0.717, 1.165) is 25.6 Å². The van der Waals surface area contributed by atoms with Crippen LogP contribution in [0.2, 0.25) is 5.02 Å². The fourth-order valence-electron chi connectivity index (χ4n) is 2.98.